The quantitative estimate of drug-likeness (QED) is 0.823. The van der Waals surface area contributed by atoms with Crippen LogP contribution < -0.4 is 0 Å². The lowest BCUT2D eigenvalue weighted by Gasteiger charge is -2.36. The molecule has 0 bridgehead atoms. The highest BCUT2D eigenvalue weighted by atomic mass is 16.5. The Morgan fingerprint density at radius 3 is 2.96 bits per heavy atom. The lowest BCUT2D eigenvalue weighted by molar-refractivity contribution is 0.0405. The molecule has 1 amide bonds. The third-order valence-electron chi connectivity index (χ3n) is 5.54. The second-order valence-electron chi connectivity index (χ2n) is 7.52. The van der Waals surface area contributed by atoms with Crippen LogP contribution in [0.25, 0.3) is 0 Å². The minimum Gasteiger partial charge on any atom is -0.468 e. The fourth-order valence-electron chi connectivity index (χ4n) is 4.15. The van der Waals surface area contributed by atoms with Crippen molar-refractivity contribution in [2.75, 3.05) is 33.3 Å². The number of rotatable bonds is 5. The smallest absolute Gasteiger partial charge is 0.289 e. The Kier molecular flexibility index (Phi) is 4.87. The molecular formula is C20H26N2O4. The molecule has 6 nitrogen and oxygen atoms in total. The van der Waals surface area contributed by atoms with Crippen LogP contribution in [0, 0.1) is 18.8 Å². The van der Waals surface area contributed by atoms with Gasteiger partial charge in [-0.25, -0.2) is 0 Å². The van der Waals surface area contributed by atoms with Crippen molar-refractivity contribution in [3.63, 3.8) is 0 Å². The summed E-state index contributed by atoms with van der Waals surface area (Å²) in [6, 6.07) is 7.50. The van der Waals surface area contributed by atoms with Crippen molar-refractivity contribution in [3.8, 4) is 0 Å². The van der Waals surface area contributed by atoms with Crippen molar-refractivity contribution < 1.29 is 18.4 Å². The fraction of sp³-hybridized carbons (Fsp3) is 0.550. The number of amides is 1. The number of fused-ring (bicyclic) bond motifs is 1. The van der Waals surface area contributed by atoms with Gasteiger partial charge in [0.15, 0.2) is 5.76 Å². The number of ether oxygens (including phenoxy) is 1. The first-order valence-corrected chi connectivity index (χ1v) is 9.28. The highest BCUT2D eigenvalue weighted by molar-refractivity contribution is 5.91. The Balaban J connectivity index is 1.38. The van der Waals surface area contributed by atoms with Crippen LogP contribution in [0.2, 0.25) is 0 Å². The van der Waals surface area contributed by atoms with E-state index in [4.69, 9.17) is 13.6 Å². The number of likely N-dealkylation sites (tertiary alicyclic amines) is 1. The van der Waals surface area contributed by atoms with Gasteiger partial charge in [0, 0.05) is 25.6 Å². The molecule has 0 radical (unpaired) electrons. The first-order chi connectivity index (χ1) is 12.6. The first kappa shape index (κ1) is 17.4. The molecule has 2 saturated heterocycles. The van der Waals surface area contributed by atoms with Crippen molar-refractivity contribution in [1.82, 2.24) is 9.80 Å². The van der Waals surface area contributed by atoms with Gasteiger partial charge in [-0.1, -0.05) is 0 Å². The van der Waals surface area contributed by atoms with Crippen molar-refractivity contribution in [2.45, 2.75) is 26.0 Å². The zero-order valence-electron chi connectivity index (χ0n) is 15.4. The lowest BCUT2D eigenvalue weighted by Crippen LogP contribution is -2.47. The Bertz CT molecular complexity index is 739. The average Bonchev–Trinajstić information content (AvgIpc) is 3.36. The van der Waals surface area contributed by atoms with E-state index in [-0.39, 0.29) is 12.0 Å². The Labute approximate surface area is 153 Å². The minimum absolute atomic E-state index is 0.00820. The minimum atomic E-state index is -0.00820. The summed E-state index contributed by atoms with van der Waals surface area (Å²) in [5, 5.41) is 0. The van der Waals surface area contributed by atoms with Crippen molar-refractivity contribution >= 4 is 5.91 Å². The van der Waals surface area contributed by atoms with E-state index < -0.39 is 0 Å². The highest BCUT2D eigenvalue weighted by Crippen LogP contribution is 2.35. The number of nitrogens with zero attached hydrogens (tertiary/aromatic N) is 2. The van der Waals surface area contributed by atoms with Gasteiger partial charge in [-0.3, -0.25) is 9.69 Å². The predicted octanol–water partition coefficient (Wildman–Crippen LogP) is 2.79. The number of hydrogen-bond donors (Lipinski definition) is 0. The third-order valence-corrected chi connectivity index (χ3v) is 5.54. The summed E-state index contributed by atoms with van der Waals surface area (Å²) in [5.74, 6) is 3.07. The molecule has 6 heteroatoms. The van der Waals surface area contributed by atoms with Crippen molar-refractivity contribution in [2.24, 2.45) is 11.8 Å². The van der Waals surface area contributed by atoms with E-state index in [1.165, 1.54) is 0 Å². The summed E-state index contributed by atoms with van der Waals surface area (Å²) in [4.78, 5) is 16.9. The van der Waals surface area contributed by atoms with Crippen molar-refractivity contribution in [1.29, 1.82) is 0 Å². The van der Waals surface area contributed by atoms with E-state index in [0.717, 1.165) is 50.7 Å². The van der Waals surface area contributed by atoms with Crippen molar-refractivity contribution in [3.05, 3.63) is 47.8 Å². The Morgan fingerprint density at radius 1 is 1.35 bits per heavy atom. The largest absolute Gasteiger partial charge is 0.468 e. The average molecular weight is 358 g/mol. The molecule has 4 rings (SSSR count). The maximum atomic E-state index is 12.7. The number of aryl methyl sites for hydroxylation is 1. The molecule has 0 saturated carbocycles. The van der Waals surface area contributed by atoms with Gasteiger partial charge in [0.1, 0.15) is 11.5 Å². The van der Waals surface area contributed by atoms with Crippen LogP contribution in [0.1, 0.15) is 28.5 Å². The summed E-state index contributed by atoms with van der Waals surface area (Å²) in [7, 11) is 2.08. The summed E-state index contributed by atoms with van der Waals surface area (Å²) in [5.41, 5.74) is 0. The number of likely N-dealkylation sites (N-methyl/N-ethyl adjacent to an activating group) is 1. The standard InChI is InChI=1S/C20H26N2O4/c1-14-5-6-18(26-14)20(23)22-8-7-15-13-25-19(17(15)11-22)12-21(2)10-16-4-3-9-24-16/h3-6,9,15,17,19H,7-8,10-13H2,1-2H3/t15-,17-,19+/m1/s1. The summed E-state index contributed by atoms with van der Waals surface area (Å²) >= 11 is 0. The molecule has 2 aliphatic rings. The third kappa shape index (κ3) is 3.57. The highest BCUT2D eigenvalue weighted by Gasteiger charge is 2.42. The first-order valence-electron chi connectivity index (χ1n) is 9.28. The van der Waals surface area contributed by atoms with Crippen LogP contribution in [0.3, 0.4) is 0 Å². The lowest BCUT2D eigenvalue weighted by atomic mass is 9.84. The molecule has 0 N–H and O–H groups in total. The monoisotopic (exact) mass is 358 g/mol. The number of carbonyl (C=O) groups excluding carboxylic acids is 1. The van der Waals surface area contributed by atoms with Gasteiger partial charge in [0.05, 0.1) is 25.5 Å². The van der Waals surface area contributed by atoms with E-state index in [1.54, 1.807) is 12.3 Å². The van der Waals surface area contributed by atoms with Crippen LogP contribution in [-0.4, -0.2) is 55.1 Å². The van der Waals surface area contributed by atoms with Crippen LogP contribution >= 0.6 is 0 Å². The molecule has 4 heterocycles. The summed E-state index contributed by atoms with van der Waals surface area (Å²) < 4.78 is 17.0. The molecule has 3 atom stereocenters. The van der Waals surface area contributed by atoms with E-state index in [0.29, 0.717) is 17.6 Å². The molecular weight excluding hydrogens is 332 g/mol. The second-order valence-corrected chi connectivity index (χ2v) is 7.52. The SMILES string of the molecule is Cc1ccc(C(=O)N2CC[C@@H]3CO[C@@H](CN(C)Cc4ccco4)[C@@H]3C2)o1. The van der Waals surface area contributed by atoms with Gasteiger partial charge in [-0.2, -0.15) is 0 Å². The van der Waals surface area contributed by atoms with Crippen LogP contribution in [0.4, 0.5) is 0 Å². The molecule has 2 aliphatic heterocycles. The predicted molar refractivity (Wildman–Crippen MR) is 95.7 cm³/mol. The topological polar surface area (TPSA) is 59.1 Å². The van der Waals surface area contributed by atoms with E-state index >= 15 is 0 Å². The van der Waals surface area contributed by atoms with Crippen LogP contribution in [0.5, 0.6) is 0 Å². The van der Waals surface area contributed by atoms with E-state index in [2.05, 4.69) is 11.9 Å². The molecule has 2 fully saturated rings. The van der Waals surface area contributed by atoms with Gasteiger partial charge >= 0.3 is 0 Å². The molecule has 26 heavy (non-hydrogen) atoms. The Hall–Kier alpha value is -2.05. The van der Waals surface area contributed by atoms with Gasteiger partial charge < -0.3 is 18.5 Å². The fourth-order valence-corrected chi connectivity index (χ4v) is 4.15. The summed E-state index contributed by atoms with van der Waals surface area (Å²) in [6.45, 7) is 5.77. The maximum Gasteiger partial charge on any atom is 0.289 e. The number of carbonyl (C=O) groups is 1. The molecule has 0 unspecified atom stereocenters. The van der Waals surface area contributed by atoms with Gasteiger partial charge in [0.2, 0.25) is 0 Å². The van der Waals surface area contributed by atoms with E-state index in [9.17, 15) is 4.79 Å². The zero-order valence-corrected chi connectivity index (χ0v) is 15.4. The van der Waals surface area contributed by atoms with Gasteiger partial charge in [-0.15, -0.1) is 0 Å². The molecule has 0 aliphatic carbocycles. The van der Waals surface area contributed by atoms with E-state index in [1.807, 2.05) is 30.0 Å². The molecule has 0 spiro atoms. The molecule has 0 aromatic carbocycles. The van der Waals surface area contributed by atoms with Gasteiger partial charge in [-0.05, 0) is 50.6 Å². The normalized spacial score (nSPS) is 25.7. The number of furan rings is 2. The second kappa shape index (κ2) is 7.29. The zero-order chi connectivity index (χ0) is 18.1. The maximum absolute atomic E-state index is 12.7. The van der Waals surface area contributed by atoms with Gasteiger partial charge in [0.25, 0.3) is 5.91 Å². The molecule has 2 aromatic heterocycles. The van der Waals surface area contributed by atoms with Crippen LogP contribution in [-0.2, 0) is 11.3 Å². The summed E-state index contributed by atoms with van der Waals surface area (Å²) in [6.07, 6.45) is 2.84. The molecule has 140 valence electrons. The Morgan fingerprint density at radius 2 is 2.23 bits per heavy atom. The number of hydrogen-bond acceptors (Lipinski definition) is 5. The number of piperidine rings is 1. The molecule has 2 aromatic rings. The van der Waals surface area contributed by atoms with Crippen LogP contribution in [0.15, 0.2) is 39.4 Å².